The van der Waals surface area contributed by atoms with Crippen molar-refractivity contribution in [1.82, 2.24) is 19.9 Å². The van der Waals surface area contributed by atoms with E-state index in [9.17, 15) is 4.79 Å². The number of ether oxygens (including phenoxy) is 1. The van der Waals surface area contributed by atoms with Crippen molar-refractivity contribution in [2.75, 3.05) is 6.54 Å². The molecule has 2 heterocycles. The molecule has 1 saturated heterocycles. The third-order valence-corrected chi connectivity index (χ3v) is 3.08. The van der Waals surface area contributed by atoms with Crippen LogP contribution in [-0.2, 0) is 11.3 Å². The fourth-order valence-corrected chi connectivity index (χ4v) is 2.29. The first-order valence-electron chi connectivity index (χ1n) is 6.77. The van der Waals surface area contributed by atoms with Crippen LogP contribution in [0.25, 0.3) is 10.4 Å². The number of carbonyl (C=O) groups excluding carboxylic acids is 1. The van der Waals surface area contributed by atoms with E-state index in [1.807, 2.05) is 20.8 Å². The highest BCUT2D eigenvalue weighted by atomic mass is 16.6. The first-order valence-corrected chi connectivity index (χ1v) is 6.77. The van der Waals surface area contributed by atoms with Gasteiger partial charge in [0.1, 0.15) is 5.60 Å². The van der Waals surface area contributed by atoms with E-state index >= 15 is 0 Å². The van der Waals surface area contributed by atoms with Crippen molar-refractivity contribution in [1.29, 1.82) is 0 Å². The van der Waals surface area contributed by atoms with Gasteiger partial charge in [-0.3, -0.25) is 0 Å². The van der Waals surface area contributed by atoms with Crippen LogP contribution in [-0.4, -0.2) is 50.2 Å². The molecular weight excluding hydrogens is 274 g/mol. The van der Waals surface area contributed by atoms with Crippen molar-refractivity contribution in [2.45, 2.75) is 51.4 Å². The molecule has 2 rings (SSSR count). The first-order chi connectivity index (χ1) is 9.89. The van der Waals surface area contributed by atoms with E-state index in [2.05, 4.69) is 20.2 Å². The maximum absolute atomic E-state index is 12.3. The van der Waals surface area contributed by atoms with Crippen LogP contribution in [0.5, 0.6) is 0 Å². The molecule has 0 bridgehead atoms. The van der Waals surface area contributed by atoms with Crippen LogP contribution < -0.4 is 0 Å². The Morgan fingerprint density at radius 2 is 2.14 bits per heavy atom. The van der Waals surface area contributed by atoms with Crippen molar-refractivity contribution >= 4 is 6.09 Å². The van der Waals surface area contributed by atoms with E-state index in [4.69, 9.17) is 10.3 Å². The van der Waals surface area contributed by atoms with E-state index in [1.54, 1.807) is 17.3 Å². The predicted molar refractivity (Wildman–Crippen MR) is 74.3 cm³/mol. The molecule has 1 aromatic heterocycles. The summed E-state index contributed by atoms with van der Waals surface area (Å²) in [5.41, 5.74) is 8.01. The van der Waals surface area contributed by atoms with Crippen molar-refractivity contribution < 1.29 is 9.53 Å². The highest BCUT2D eigenvalue weighted by molar-refractivity contribution is 5.69. The highest BCUT2D eigenvalue weighted by Crippen LogP contribution is 2.24. The quantitative estimate of drug-likeness (QED) is 0.482. The molecule has 0 spiro atoms. The largest absolute Gasteiger partial charge is 0.444 e. The lowest BCUT2D eigenvalue weighted by Gasteiger charge is -2.28. The SMILES string of the molecule is CC(C)(C)OC(=O)N1CC(N=[N+]=[N-])C[C@@H]1Cn1nccn1. The number of carbonyl (C=O) groups is 1. The molecule has 1 amide bonds. The number of rotatable bonds is 3. The fourth-order valence-electron chi connectivity index (χ4n) is 2.29. The van der Waals surface area contributed by atoms with E-state index < -0.39 is 11.7 Å². The second-order valence-electron chi connectivity index (χ2n) is 5.96. The molecule has 2 atom stereocenters. The van der Waals surface area contributed by atoms with Gasteiger partial charge < -0.3 is 9.64 Å². The van der Waals surface area contributed by atoms with E-state index in [1.165, 1.54) is 4.80 Å². The molecule has 0 radical (unpaired) electrons. The topological polar surface area (TPSA) is 109 Å². The molecule has 0 N–H and O–H groups in total. The number of hydrogen-bond acceptors (Lipinski definition) is 5. The number of amides is 1. The first kappa shape index (κ1) is 15.1. The Morgan fingerprint density at radius 1 is 1.48 bits per heavy atom. The maximum atomic E-state index is 12.3. The number of likely N-dealkylation sites (tertiary alicyclic amines) is 1. The van der Waals surface area contributed by atoms with Gasteiger partial charge in [0.2, 0.25) is 0 Å². The Hall–Kier alpha value is -2.28. The van der Waals surface area contributed by atoms with Gasteiger partial charge in [0.25, 0.3) is 0 Å². The molecular formula is C12H19N7O2. The zero-order valence-electron chi connectivity index (χ0n) is 12.4. The number of aromatic nitrogens is 3. The highest BCUT2D eigenvalue weighted by Gasteiger charge is 2.37. The number of hydrogen-bond donors (Lipinski definition) is 0. The van der Waals surface area contributed by atoms with Crippen molar-refractivity contribution in [3.63, 3.8) is 0 Å². The minimum absolute atomic E-state index is 0.150. The molecule has 9 heteroatoms. The summed E-state index contributed by atoms with van der Waals surface area (Å²) in [6.07, 6.45) is 3.33. The van der Waals surface area contributed by atoms with E-state index in [0.717, 1.165) is 0 Å². The van der Waals surface area contributed by atoms with Gasteiger partial charge in [0.05, 0.1) is 31.0 Å². The summed E-state index contributed by atoms with van der Waals surface area (Å²) in [4.78, 5) is 18.2. The molecule has 1 aliphatic heterocycles. The Balaban J connectivity index is 2.10. The standard InChI is InChI=1S/C12H19N7O2/c1-12(2,3)21-11(20)18-7-9(16-17-13)6-10(18)8-19-14-4-5-15-19/h4-5,9-10H,6-8H2,1-3H3/t9?,10-/m1/s1. The average Bonchev–Trinajstić information content (AvgIpc) is 2.98. The number of azide groups is 1. The van der Waals surface area contributed by atoms with Crippen molar-refractivity contribution in [3.8, 4) is 0 Å². The monoisotopic (exact) mass is 293 g/mol. The molecule has 1 unspecified atom stereocenters. The van der Waals surface area contributed by atoms with E-state index in [-0.39, 0.29) is 12.1 Å². The Kier molecular flexibility index (Phi) is 4.32. The van der Waals surface area contributed by atoms with Crippen molar-refractivity contribution in [3.05, 3.63) is 22.8 Å². The molecule has 1 aliphatic rings. The van der Waals surface area contributed by atoms with Gasteiger partial charge in [-0.15, -0.1) is 0 Å². The molecule has 1 fully saturated rings. The third-order valence-electron chi connectivity index (χ3n) is 3.08. The fraction of sp³-hybridized carbons (Fsp3) is 0.750. The van der Waals surface area contributed by atoms with Gasteiger partial charge in [-0.25, -0.2) is 4.79 Å². The van der Waals surface area contributed by atoms with Crippen LogP contribution in [0.2, 0.25) is 0 Å². The average molecular weight is 293 g/mol. The molecule has 114 valence electrons. The van der Waals surface area contributed by atoms with Crippen LogP contribution >= 0.6 is 0 Å². The zero-order chi connectivity index (χ0) is 15.5. The summed E-state index contributed by atoms with van der Waals surface area (Å²) in [6.45, 7) is 6.25. The lowest BCUT2D eigenvalue weighted by molar-refractivity contribution is 0.0207. The van der Waals surface area contributed by atoms with Gasteiger partial charge >= 0.3 is 6.09 Å². The lowest BCUT2D eigenvalue weighted by Crippen LogP contribution is -2.42. The molecule has 1 aromatic rings. The minimum Gasteiger partial charge on any atom is -0.444 e. The van der Waals surface area contributed by atoms with Crippen LogP contribution in [0.4, 0.5) is 4.79 Å². The normalized spacial score (nSPS) is 22.0. The molecule has 9 nitrogen and oxygen atoms in total. The van der Waals surface area contributed by atoms with Crippen molar-refractivity contribution in [2.24, 2.45) is 5.11 Å². The minimum atomic E-state index is -0.567. The summed E-state index contributed by atoms with van der Waals surface area (Å²) in [5, 5.41) is 11.8. The van der Waals surface area contributed by atoms with Gasteiger partial charge in [-0.05, 0) is 32.7 Å². The smallest absolute Gasteiger partial charge is 0.410 e. The summed E-state index contributed by atoms with van der Waals surface area (Å²) in [6, 6.07) is -0.397. The Morgan fingerprint density at radius 3 is 2.71 bits per heavy atom. The summed E-state index contributed by atoms with van der Waals surface area (Å²) >= 11 is 0. The van der Waals surface area contributed by atoms with Gasteiger partial charge in [0, 0.05) is 11.5 Å². The number of nitrogens with zero attached hydrogens (tertiary/aromatic N) is 7. The van der Waals surface area contributed by atoms with E-state index in [0.29, 0.717) is 19.5 Å². The molecule has 0 aromatic carbocycles. The predicted octanol–water partition coefficient (Wildman–Crippen LogP) is 1.97. The summed E-state index contributed by atoms with van der Waals surface area (Å²) in [7, 11) is 0. The maximum Gasteiger partial charge on any atom is 0.410 e. The van der Waals surface area contributed by atoms with Gasteiger partial charge in [0.15, 0.2) is 0 Å². The zero-order valence-corrected chi connectivity index (χ0v) is 12.4. The van der Waals surface area contributed by atoms with Crippen LogP contribution in [0.1, 0.15) is 27.2 Å². The molecule has 0 aliphatic carbocycles. The second kappa shape index (κ2) is 6.01. The lowest BCUT2D eigenvalue weighted by atomic mass is 10.2. The Labute approximate surface area is 122 Å². The molecule has 0 saturated carbocycles. The van der Waals surface area contributed by atoms with Crippen LogP contribution in [0, 0.1) is 0 Å². The third kappa shape index (κ3) is 4.09. The van der Waals surface area contributed by atoms with Gasteiger partial charge in [-0.2, -0.15) is 15.0 Å². The summed E-state index contributed by atoms with van der Waals surface area (Å²) in [5.74, 6) is 0. The van der Waals surface area contributed by atoms with Crippen LogP contribution in [0.15, 0.2) is 17.5 Å². The summed E-state index contributed by atoms with van der Waals surface area (Å²) < 4.78 is 5.40. The van der Waals surface area contributed by atoms with Gasteiger partial charge in [-0.1, -0.05) is 5.11 Å². The molecule has 21 heavy (non-hydrogen) atoms. The second-order valence-corrected chi connectivity index (χ2v) is 5.96. The van der Waals surface area contributed by atoms with Crippen LogP contribution in [0.3, 0.4) is 0 Å². The Bertz CT molecular complexity index is 530.